The first kappa shape index (κ1) is 16.5. The highest BCUT2D eigenvalue weighted by Crippen LogP contribution is 2.46. The maximum atomic E-state index is 13.5. The van der Waals surface area contributed by atoms with Crippen molar-refractivity contribution in [3.63, 3.8) is 0 Å². The Morgan fingerprint density at radius 1 is 1.24 bits per heavy atom. The van der Waals surface area contributed by atoms with Crippen molar-refractivity contribution in [2.24, 2.45) is 16.7 Å². The molecule has 0 bridgehead atoms. The summed E-state index contributed by atoms with van der Waals surface area (Å²) in [4.78, 5) is 0. The number of hydrogen-bond acceptors (Lipinski definition) is 1. The number of hydrogen-bond donors (Lipinski definition) is 1. The van der Waals surface area contributed by atoms with Crippen LogP contribution >= 0.6 is 0 Å². The van der Waals surface area contributed by atoms with Crippen molar-refractivity contribution in [2.75, 3.05) is 6.61 Å². The van der Waals surface area contributed by atoms with Gasteiger partial charge in [-0.2, -0.15) is 0 Å². The lowest BCUT2D eigenvalue weighted by atomic mass is 9.62. The van der Waals surface area contributed by atoms with Crippen molar-refractivity contribution in [2.45, 2.75) is 59.8 Å². The molecule has 0 aromatic heterocycles. The van der Waals surface area contributed by atoms with Gasteiger partial charge in [0.05, 0.1) is 0 Å². The van der Waals surface area contributed by atoms with E-state index in [-0.39, 0.29) is 17.8 Å². The van der Waals surface area contributed by atoms with E-state index < -0.39 is 0 Å². The van der Waals surface area contributed by atoms with Crippen LogP contribution in [0.2, 0.25) is 0 Å². The van der Waals surface area contributed by atoms with Crippen molar-refractivity contribution < 1.29 is 9.50 Å². The highest BCUT2D eigenvalue weighted by atomic mass is 19.1. The Labute approximate surface area is 128 Å². The maximum Gasteiger partial charge on any atom is 0.123 e. The van der Waals surface area contributed by atoms with Gasteiger partial charge in [-0.05, 0) is 79.0 Å². The lowest BCUT2D eigenvalue weighted by molar-refractivity contribution is 0.0368. The molecular formula is C19H29FO. The van der Waals surface area contributed by atoms with Gasteiger partial charge < -0.3 is 5.11 Å². The first-order valence-electron chi connectivity index (χ1n) is 8.12. The molecule has 0 atom stereocenters. The predicted molar refractivity (Wildman–Crippen MR) is 85.8 cm³/mol. The van der Waals surface area contributed by atoms with E-state index >= 15 is 0 Å². The minimum atomic E-state index is -0.174. The largest absolute Gasteiger partial charge is 0.396 e. The normalized spacial score (nSPS) is 26.9. The Hall–Kier alpha value is -0.890. The molecule has 1 aromatic rings. The summed E-state index contributed by atoms with van der Waals surface area (Å²) in [6.07, 6.45) is 5.21. The van der Waals surface area contributed by atoms with E-state index in [1.165, 1.54) is 18.9 Å². The van der Waals surface area contributed by atoms with Gasteiger partial charge in [-0.3, -0.25) is 0 Å². The summed E-state index contributed by atoms with van der Waals surface area (Å²) in [7, 11) is 0. The van der Waals surface area contributed by atoms with Gasteiger partial charge in [-0.25, -0.2) is 4.39 Å². The van der Waals surface area contributed by atoms with E-state index in [1.807, 2.05) is 13.0 Å². The Morgan fingerprint density at radius 2 is 1.86 bits per heavy atom. The smallest absolute Gasteiger partial charge is 0.123 e. The third-order valence-electron chi connectivity index (χ3n) is 5.48. The van der Waals surface area contributed by atoms with Crippen molar-refractivity contribution in [1.29, 1.82) is 0 Å². The molecule has 1 saturated carbocycles. The van der Waals surface area contributed by atoms with Crippen LogP contribution in [0, 0.1) is 29.5 Å². The molecule has 1 N–H and O–H groups in total. The fourth-order valence-corrected chi connectivity index (χ4v) is 3.72. The van der Waals surface area contributed by atoms with Crippen molar-refractivity contribution in [3.05, 3.63) is 35.1 Å². The Morgan fingerprint density at radius 3 is 2.38 bits per heavy atom. The molecule has 0 aliphatic heterocycles. The first-order chi connectivity index (χ1) is 9.76. The van der Waals surface area contributed by atoms with Crippen LogP contribution in [0.1, 0.15) is 57.6 Å². The van der Waals surface area contributed by atoms with Crippen molar-refractivity contribution in [1.82, 2.24) is 0 Å². The predicted octanol–water partition coefficient (Wildman–Crippen LogP) is 4.89. The third kappa shape index (κ3) is 3.85. The molecular weight excluding hydrogens is 263 g/mol. The van der Waals surface area contributed by atoms with Crippen molar-refractivity contribution in [3.8, 4) is 0 Å². The molecule has 1 aliphatic rings. The SMILES string of the molecule is Cc1ccc(F)cc1CC1(CO)CCC(C(C)(C)C)CC1. The maximum absolute atomic E-state index is 13.5. The van der Waals surface area contributed by atoms with Gasteiger partial charge in [0, 0.05) is 6.61 Å². The zero-order chi connectivity index (χ0) is 15.7. The topological polar surface area (TPSA) is 20.2 Å². The molecule has 0 amide bonds. The number of aliphatic hydroxyl groups excluding tert-OH is 1. The van der Waals surface area contributed by atoms with Crippen LogP contribution in [0.4, 0.5) is 4.39 Å². The molecule has 118 valence electrons. The summed E-state index contributed by atoms with van der Waals surface area (Å²) in [5, 5.41) is 9.96. The van der Waals surface area contributed by atoms with Crippen LogP contribution in [-0.2, 0) is 6.42 Å². The molecule has 1 aromatic carbocycles. The van der Waals surface area contributed by atoms with E-state index in [9.17, 15) is 9.50 Å². The Balaban J connectivity index is 2.12. The third-order valence-corrected chi connectivity index (χ3v) is 5.48. The van der Waals surface area contributed by atoms with Crippen LogP contribution in [-0.4, -0.2) is 11.7 Å². The van der Waals surface area contributed by atoms with Crippen LogP contribution in [0.5, 0.6) is 0 Å². The average molecular weight is 292 g/mol. The molecule has 1 fully saturated rings. The summed E-state index contributed by atoms with van der Waals surface area (Å²) in [5.74, 6) is 0.554. The lowest BCUT2D eigenvalue weighted by Crippen LogP contribution is -2.36. The summed E-state index contributed by atoms with van der Waals surface area (Å²) < 4.78 is 13.5. The van der Waals surface area contributed by atoms with E-state index in [1.54, 1.807) is 6.07 Å². The summed E-state index contributed by atoms with van der Waals surface area (Å²) in [6.45, 7) is 9.15. The van der Waals surface area contributed by atoms with Gasteiger partial charge in [0.2, 0.25) is 0 Å². The molecule has 0 unspecified atom stereocenters. The number of aryl methyl sites for hydroxylation is 1. The molecule has 2 heteroatoms. The van der Waals surface area contributed by atoms with Gasteiger partial charge in [0.25, 0.3) is 0 Å². The second kappa shape index (κ2) is 6.08. The van der Waals surface area contributed by atoms with E-state index in [0.717, 1.165) is 36.3 Å². The van der Waals surface area contributed by atoms with Gasteiger partial charge in [0.1, 0.15) is 5.82 Å². The van der Waals surface area contributed by atoms with Gasteiger partial charge in [-0.15, -0.1) is 0 Å². The molecule has 0 radical (unpaired) electrons. The second-order valence-electron chi connectivity index (χ2n) is 8.05. The Bertz CT molecular complexity index is 479. The molecule has 0 spiro atoms. The van der Waals surface area contributed by atoms with E-state index in [0.29, 0.717) is 5.41 Å². The molecule has 2 rings (SSSR count). The van der Waals surface area contributed by atoms with Crippen LogP contribution < -0.4 is 0 Å². The molecule has 0 saturated heterocycles. The highest BCUT2D eigenvalue weighted by Gasteiger charge is 2.38. The van der Waals surface area contributed by atoms with E-state index in [4.69, 9.17) is 0 Å². The van der Waals surface area contributed by atoms with Crippen molar-refractivity contribution >= 4 is 0 Å². The first-order valence-corrected chi connectivity index (χ1v) is 8.12. The minimum absolute atomic E-state index is 0.0553. The van der Waals surface area contributed by atoms with Crippen LogP contribution in [0.15, 0.2) is 18.2 Å². The lowest BCUT2D eigenvalue weighted by Gasteiger charge is -2.43. The fourth-order valence-electron chi connectivity index (χ4n) is 3.72. The summed E-state index contributed by atoms with van der Waals surface area (Å²) in [6, 6.07) is 5.00. The number of rotatable bonds is 3. The molecule has 21 heavy (non-hydrogen) atoms. The fraction of sp³-hybridized carbons (Fsp3) is 0.684. The molecule has 1 nitrogen and oxygen atoms in total. The van der Waals surface area contributed by atoms with Crippen LogP contribution in [0.25, 0.3) is 0 Å². The highest BCUT2D eigenvalue weighted by molar-refractivity contribution is 5.28. The van der Waals surface area contributed by atoms with Gasteiger partial charge >= 0.3 is 0 Å². The zero-order valence-electron chi connectivity index (χ0n) is 13.9. The quantitative estimate of drug-likeness (QED) is 0.841. The van der Waals surface area contributed by atoms with Gasteiger partial charge in [-0.1, -0.05) is 26.8 Å². The average Bonchev–Trinajstić information content (AvgIpc) is 2.42. The number of aliphatic hydroxyl groups is 1. The monoisotopic (exact) mass is 292 g/mol. The van der Waals surface area contributed by atoms with Gasteiger partial charge in [0.15, 0.2) is 0 Å². The summed E-state index contributed by atoms with van der Waals surface area (Å²) >= 11 is 0. The zero-order valence-corrected chi connectivity index (χ0v) is 13.9. The van der Waals surface area contributed by atoms with Crippen LogP contribution in [0.3, 0.4) is 0 Å². The minimum Gasteiger partial charge on any atom is -0.396 e. The second-order valence-corrected chi connectivity index (χ2v) is 8.05. The molecule has 1 aliphatic carbocycles. The number of halogens is 1. The summed E-state index contributed by atoms with van der Waals surface area (Å²) in [5.41, 5.74) is 2.47. The van der Waals surface area contributed by atoms with E-state index in [2.05, 4.69) is 20.8 Å². The Kier molecular flexibility index (Phi) is 4.77. The molecule has 0 heterocycles. The standard InChI is InChI=1S/C19H29FO/c1-14-5-6-17(20)11-15(14)12-19(13-21)9-7-16(8-10-19)18(2,3)4/h5-6,11,16,21H,7-10,12-13H2,1-4H3. The number of benzene rings is 1.